The van der Waals surface area contributed by atoms with E-state index >= 15 is 0 Å². The number of carbonyl (C=O) groups excluding carboxylic acids is 1. The molecule has 0 bridgehead atoms. The lowest BCUT2D eigenvalue weighted by Crippen LogP contribution is -2.27. The van der Waals surface area contributed by atoms with Crippen LogP contribution in [0.4, 0.5) is 5.69 Å². The van der Waals surface area contributed by atoms with E-state index in [2.05, 4.69) is 43.9 Å². The summed E-state index contributed by atoms with van der Waals surface area (Å²) in [5, 5.41) is 44.8. The number of carboxylic acids is 2. The first-order valence-corrected chi connectivity index (χ1v) is 22.6. The van der Waals surface area contributed by atoms with Crippen LogP contribution in [0.2, 0.25) is 0 Å². The second-order valence-corrected chi connectivity index (χ2v) is 15.1. The Hall–Kier alpha value is -5.98. The highest BCUT2D eigenvalue weighted by atomic mass is 16.6. The van der Waals surface area contributed by atoms with Crippen LogP contribution in [0.3, 0.4) is 0 Å². The van der Waals surface area contributed by atoms with Gasteiger partial charge in [0, 0.05) is 30.9 Å². The molecule has 0 atom stereocenters. The normalized spacial score (nSPS) is 13.5. The van der Waals surface area contributed by atoms with Gasteiger partial charge in [-0.05, 0) is 49.3 Å². The van der Waals surface area contributed by atoms with Gasteiger partial charge in [0.15, 0.2) is 12.3 Å². The average Bonchev–Trinajstić information content (AvgIpc) is 4.00. The summed E-state index contributed by atoms with van der Waals surface area (Å²) in [4.78, 5) is 36.4. The molecule has 2 aliphatic carbocycles. The maximum Gasteiger partial charge on any atom is 0.329 e. The third-order valence-corrected chi connectivity index (χ3v) is 10.3. The van der Waals surface area contributed by atoms with E-state index in [0.29, 0.717) is 139 Å². The van der Waals surface area contributed by atoms with Gasteiger partial charge in [0.05, 0.1) is 123 Å². The number of ether oxygens (including phenoxy) is 8. The molecule has 3 aromatic rings. The minimum atomic E-state index is -1.01. The predicted molar refractivity (Wildman–Crippen MR) is 244 cm³/mol. The molecule has 22 heteroatoms. The van der Waals surface area contributed by atoms with Crippen molar-refractivity contribution in [3.8, 4) is 0 Å². The van der Waals surface area contributed by atoms with Crippen molar-refractivity contribution in [1.29, 1.82) is 0 Å². The number of aliphatic carboxylic acids is 2. The van der Waals surface area contributed by atoms with E-state index in [1.165, 1.54) is 0 Å². The number of rotatable bonds is 36. The summed E-state index contributed by atoms with van der Waals surface area (Å²) in [6, 6.07) is 7.58. The Kier molecular flexibility index (Phi) is 23.1. The fraction of sp³-hybridized carbons (Fsp3) is 0.522. The number of aromatic nitrogens is 6. The second kappa shape index (κ2) is 29.7. The lowest BCUT2D eigenvalue weighted by molar-refractivity contribution is -0.526. The first-order chi connectivity index (χ1) is 33.2. The molecule has 0 spiro atoms. The molecule has 3 N–H and O–H groups in total. The summed E-state index contributed by atoms with van der Waals surface area (Å²) in [6.07, 6.45) is 11.2. The standard InChI is InChI=1S/C46H62N8O14/c1-3-51(13-17-65-31-37-29-53(49-47-37)15-19-61-21-23-63-25-27-67-33-41(55)56)39-9-5-35(6-10-39)43-45(59)44(46(43)60)36-7-11-40(12-8-36)52(4-2)14-18-66-32-38-30-54(50-48-38)16-20-62-22-24-64-26-28-68-34-42(57)58/h5-12,29-30H,3-4,13-28,31-34H2,1-2H3,(H2-,55,56,57,58,59,60)/p+1. The fourth-order valence-electron chi connectivity index (χ4n) is 6.80. The number of allylic oxidation sites excluding steroid dienone is 7. The van der Waals surface area contributed by atoms with Gasteiger partial charge in [-0.25, -0.2) is 23.5 Å². The monoisotopic (exact) mass is 951 g/mol. The first-order valence-electron chi connectivity index (χ1n) is 22.6. The molecule has 0 unspecified atom stereocenters. The van der Waals surface area contributed by atoms with Crippen LogP contribution < -0.4 is 4.90 Å². The highest BCUT2D eigenvalue weighted by molar-refractivity contribution is 6.39. The SMILES string of the molecule is CCN(CCOCc1cn(CCOCCOCCOCC(=O)O)nn1)c1ccc(C2=C(O)C(=C3C=CC(=[N+](CC)CCOCc4cn(CCOCCOCCOCC(=O)O)nn4)C=C3)C2=O)cc1. The van der Waals surface area contributed by atoms with Crippen LogP contribution in [-0.2, 0) is 78.6 Å². The largest absolute Gasteiger partial charge is 0.506 e. The zero-order chi connectivity index (χ0) is 48.4. The Bertz CT molecular complexity index is 2200. The summed E-state index contributed by atoms with van der Waals surface area (Å²) >= 11 is 0. The van der Waals surface area contributed by atoms with Gasteiger partial charge in [0.25, 0.3) is 0 Å². The van der Waals surface area contributed by atoms with Crippen molar-refractivity contribution in [3.05, 3.63) is 94.8 Å². The van der Waals surface area contributed by atoms with Crippen molar-refractivity contribution in [2.75, 3.05) is 124 Å². The lowest BCUT2D eigenvalue weighted by Gasteiger charge is -2.25. The highest BCUT2D eigenvalue weighted by Crippen LogP contribution is 2.39. The molecular formula is C46H63N8O14+. The molecule has 0 saturated carbocycles. The Morgan fingerprint density at radius 1 is 0.632 bits per heavy atom. The minimum Gasteiger partial charge on any atom is -0.506 e. The van der Waals surface area contributed by atoms with Gasteiger partial charge in [-0.2, -0.15) is 0 Å². The van der Waals surface area contributed by atoms with Gasteiger partial charge in [0.1, 0.15) is 43.5 Å². The molecule has 5 rings (SSSR count). The molecule has 0 aliphatic heterocycles. The molecule has 2 heterocycles. The molecule has 22 nitrogen and oxygen atoms in total. The number of carbonyl (C=O) groups is 3. The predicted octanol–water partition coefficient (Wildman–Crippen LogP) is 2.15. The number of carboxylic acid groups (broad SMARTS) is 2. The van der Waals surface area contributed by atoms with Crippen molar-refractivity contribution >= 4 is 34.7 Å². The molecule has 1 aromatic carbocycles. The van der Waals surface area contributed by atoms with E-state index in [1.807, 2.05) is 61.0 Å². The topological polar surface area (TPSA) is 253 Å². The van der Waals surface area contributed by atoms with Crippen molar-refractivity contribution in [3.63, 3.8) is 0 Å². The van der Waals surface area contributed by atoms with Crippen LogP contribution >= 0.6 is 0 Å². The van der Waals surface area contributed by atoms with E-state index in [9.17, 15) is 19.5 Å². The van der Waals surface area contributed by atoms with Gasteiger partial charge in [-0.1, -0.05) is 22.6 Å². The van der Waals surface area contributed by atoms with E-state index in [1.54, 1.807) is 9.36 Å². The summed E-state index contributed by atoms with van der Waals surface area (Å²) in [5.74, 6) is -2.25. The summed E-state index contributed by atoms with van der Waals surface area (Å²) in [6.45, 7) is 12.2. The van der Waals surface area contributed by atoms with Gasteiger partial charge in [-0.3, -0.25) is 4.79 Å². The zero-order valence-corrected chi connectivity index (χ0v) is 38.7. The summed E-state index contributed by atoms with van der Waals surface area (Å²) < 4.78 is 48.9. The molecule has 68 heavy (non-hydrogen) atoms. The smallest absolute Gasteiger partial charge is 0.329 e. The van der Waals surface area contributed by atoms with Gasteiger partial charge >= 0.3 is 11.9 Å². The Morgan fingerprint density at radius 3 is 1.62 bits per heavy atom. The number of ketones is 1. The second-order valence-electron chi connectivity index (χ2n) is 15.1. The summed E-state index contributed by atoms with van der Waals surface area (Å²) in [7, 11) is 0. The molecule has 0 saturated heterocycles. The number of hydrogen-bond donors (Lipinski definition) is 3. The molecule has 370 valence electrons. The number of aliphatic hydroxyl groups is 1. The van der Waals surface area contributed by atoms with Gasteiger partial charge in [0.2, 0.25) is 5.78 Å². The number of aliphatic hydroxyl groups excluding tert-OH is 1. The van der Waals surface area contributed by atoms with E-state index < -0.39 is 11.9 Å². The van der Waals surface area contributed by atoms with Crippen LogP contribution in [-0.4, -0.2) is 192 Å². The number of benzene rings is 1. The molecule has 2 aromatic heterocycles. The highest BCUT2D eigenvalue weighted by Gasteiger charge is 2.36. The van der Waals surface area contributed by atoms with Crippen molar-refractivity contribution in [2.45, 2.75) is 40.2 Å². The minimum absolute atomic E-state index is 0.0152. The molecule has 0 fully saturated rings. The number of nitrogens with zero attached hydrogens (tertiary/aromatic N) is 8. The number of likely N-dealkylation sites (N-methyl/N-ethyl adjacent to an activating group) is 2. The number of anilines is 1. The van der Waals surface area contributed by atoms with E-state index in [4.69, 9.17) is 48.1 Å². The van der Waals surface area contributed by atoms with Crippen LogP contribution in [0, 0.1) is 0 Å². The Labute approximate surface area is 394 Å². The average molecular weight is 952 g/mol. The number of Topliss-reactive ketones (excluding diaryl/α,β-unsaturated/α-hetero) is 1. The van der Waals surface area contributed by atoms with Crippen molar-refractivity contribution in [1.82, 2.24) is 30.0 Å². The van der Waals surface area contributed by atoms with Gasteiger partial charge < -0.3 is 58.1 Å². The van der Waals surface area contributed by atoms with Crippen molar-refractivity contribution < 1.29 is 72.2 Å². The van der Waals surface area contributed by atoms with Crippen molar-refractivity contribution in [2.24, 2.45) is 0 Å². The molecule has 2 aliphatic rings. The molecule has 0 amide bonds. The third-order valence-electron chi connectivity index (χ3n) is 10.3. The van der Waals surface area contributed by atoms with E-state index in [0.717, 1.165) is 24.5 Å². The number of hydrogen-bond acceptors (Lipinski definition) is 17. The first kappa shape index (κ1) is 53.0. The quantitative estimate of drug-likeness (QED) is 0.0429. The Balaban J connectivity index is 0.973. The lowest BCUT2D eigenvalue weighted by atomic mass is 9.80. The third kappa shape index (κ3) is 17.9. The van der Waals surface area contributed by atoms with Crippen LogP contribution in [0.5, 0.6) is 0 Å². The van der Waals surface area contributed by atoms with Crippen LogP contribution in [0.15, 0.2) is 77.9 Å². The van der Waals surface area contributed by atoms with E-state index in [-0.39, 0.29) is 38.0 Å². The fourth-order valence-corrected chi connectivity index (χ4v) is 6.80. The molecular weight excluding hydrogens is 889 g/mol. The molecule has 0 radical (unpaired) electrons. The maximum atomic E-state index is 13.4. The van der Waals surface area contributed by atoms with Crippen LogP contribution in [0.25, 0.3) is 5.57 Å². The maximum absolute atomic E-state index is 13.4. The van der Waals surface area contributed by atoms with Gasteiger partial charge in [-0.15, -0.1) is 10.2 Å². The van der Waals surface area contributed by atoms with Crippen LogP contribution in [0.1, 0.15) is 30.8 Å². The Morgan fingerprint density at radius 2 is 1.13 bits per heavy atom. The summed E-state index contributed by atoms with van der Waals surface area (Å²) in [5.41, 5.74) is 5.24. The zero-order valence-electron chi connectivity index (χ0n) is 38.7.